The van der Waals surface area contributed by atoms with Crippen LogP contribution in [0, 0.1) is 11.8 Å². The molecule has 2 fully saturated rings. The van der Waals surface area contributed by atoms with E-state index >= 15 is 0 Å². The molecule has 0 aromatic carbocycles. The van der Waals surface area contributed by atoms with Crippen LogP contribution in [0.5, 0.6) is 0 Å². The van der Waals surface area contributed by atoms with Gasteiger partial charge in [0.25, 0.3) is 0 Å². The highest BCUT2D eigenvalue weighted by Gasteiger charge is 2.32. The maximum absolute atomic E-state index is 12.3. The van der Waals surface area contributed by atoms with Gasteiger partial charge in [0.2, 0.25) is 5.91 Å². The lowest BCUT2D eigenvalue weighted by Crippen LogP contribution is -2.36. The number of likely N-dealkylation sites (tertiary alicyclic amines) is 1. The minimum atomic E-state index is -0.283. The lowest BCUT2D eigenvalue weighted by molar-refractivity contribution is -0.136. The second kappa shape index (κ2) is 6.55. The fraction of sp³-hybridized carbons (Fsp3) is 0.933. The number of amides is 1. The summed E-state index contributed by atoms with van der Waals surface area (Å²) in [5.41, 5.74) is 0. The van der Waals surface area contributed by atoms with Crippen LogP contribution in [-0.2, 0) is 4.79 Å². The van der Waals surface area contributed by atoms with Gasteiger partial charge < -0.3 is 10.0 Å². The molecular weight excluding hydrogens is 226 g/mol. The number of aliphatic hydroxyl groups excluding tert-OH is 1. The van der Waals surface area contributed by atoms with Gasteiger partial charge in [-0.15, -0.1) is 0 Å². The van der Waals surface area contributed by atoms with Gasteiger partial charge in [0.1, 0.15) is 0 Å². The SMILES string of the molecule is CCCCC1CCC(C(=O)N2CCC(O)C2)CC1. The van der Waals surface area contributed by atoms with Gasteiger partial charge in [-0.1, -0.05) is 26.2 Å². The molecule has 1 aliphatic carbocycles. The number of rotatable bonds is 4. The molecule has 1 saturated heterocycles. The molecule has 3 heteroatoms. The average molecular weight is 253 g/mol. The smallest absolute Gasteiger partial charge is 0.225 e. The Morgan fingerprint density at radius 1 is 1.22 bits per heavy atom. The van der Waals surface area contributed by atoms with Gasteiger partial charge in [-0.25, -0.2) is 0 Å². The number of β-amino-alcohol motifs (C(OH)–C–C–N with tert-alkyl or cyclic N) is 1. The van der Waals surface area contributed by atoms with Crippen LogP contribution >= 0.6 is 0 Å². The van der Waals surface area contributed by atoms with E-state index in [0.29, 0.717) is 12.5 Å². The third kappa shape index (κ3) is 3.47. The Balaban J connectivity index is 1.73. The van der Waals surface area contributed by atoms with Gasteiger partial charge in [0, 0.05) is 19.0 Å². The highest BCUT2D eigenvalue weighted by atomic mass is 16.3. The van der Waals surface area contributed by atoms with Crippen LogP contribution in [0.4, 0.5) is 0 Å². The van der Waals surface area contributed by atoms with Gasteiger partial charge >= 0.3 is 0 Å². The first-order valence-corrected chi connectivity index (χ1v) is 7.67. The number of aliphatic hydroxyl groups is 1. The Hall–Kier alpha value is -0.570. The van der Waals surface area contributed by atoms with Crippen molar-refractivity contribution < 1.29 is 9.90 Å². The fourth-order valence-corrected chi connectivity index (χ4v) is 3.39. The summed E-state index contributed by atoms with van der Waals surface area (Å²) >= 11 is 0. The second-order valence-electron chi connectivity index (χ2n) is 6.09. The van der Waals surface area contributed by atoms with Crippen molar-refractivity contribution in [3.63, 3.8) is 0 Å². The Morgan fingerprint density at radius 3 is 2.50 bits per heavy atom. The molecule has 2 rings (SSSR count). The van der Waals surface area contributed by atoms with Crippen molar-refractivity contribution in [3.8, 4) is 0 Å². The zero-order valence-corrected chi connectivity index (χ0v) is 11.6. The molecule has 1 heterocycles. The zero-order valence-electron chi connectivity index (χ0n) is 11.6. The van der Waals surface area contributed by atoms with Gasteiger partial charge in [-0.05, 0) is 38.0 Å². The van der Waals surface area contributed by atoms with Crippen molar-refractivity contribution in [3.05, 3.63) is 0 Å². The van der Waals surface area contributed by atoms with Gasteiger partial charge in [0.05, 0.1) is 6.10 Å². The monoisotopic (exact) mass is 253 g/mol. The Kier molecular flexibility index (Phi) is 5.04. The molecule has 1 amide bonds. The van der Waals surface area contributed by atoms with Crippen LogP contribution in [0.3, 0.4) is 0 Å². The van der Waals surface area contributed by atoms with Crippen molar-refractivity contribution in [1.29, 1.82) is 0 Å². The summed E-state index contributed by atoms with van der Waals surface area (Å²) in [7, 11) is 0. The van der Waals surface area contributed by atoms with E-state index in [2.05, 4.69) is 6.92 Å². The number of carbonyl (C=O) groups is 1. The highest BCUT2D eigenvalue weighted by molar-refractivity contribution is 5.79. The molecule has 0 bridgehead atoms. The second-order valence-corrected chi connectivity index (χ2v) is 6.09. The van der Waals surface area contributed by atoms with Crippen LogP contribution in [0.25, 0.3) is 0 Å². The lowest BCUT2D eigenvalue weighted by atomic mass is 9.79. The van der Waals surface area contributed by atoms with Gasteiger partial charge in [-0.2, -0.15) is 0 Å². The van der Waals surface area contributed by atoms with E-state index < -0.39 is 0 Å². The molecule has 0 spiro atoms. The van der Waals surface area contributed by atoms with Crippen molar-refractivity contribution in [2.24, 2.45) is 11.8 Å². The van der Waals surface area contributed by atoms with Crippen molar-refractivity contribution in [2.75, 3.05) is 13.1 Å². The summed E-state index contributed by atoms with van der Waals surface area (Å²) in [6.07, 6.45) is 9.04. The quantitative estimate of drug-likeness (QED) is 0.836. The van der Waals surface area contributed by atoms with E-state index in [1.807, 2.05) is 4.90 Å². The minimum absolute atomic E-state index is 0.244. The molecule has 1 aliphatic heterocycles. The number of nitrogens with zero attached hydrogens (tertiary/aromatic N) is 1. The summed E-state index contributed by atoms with van der Waals surface area (Å²) in [5.74, 6) is 1.41. The van der Waals surface area contributed by atoms with Crippen LogP contribution in [0.15, 0.2) is 0 Å². The topological polar surface area (TPSA) is 40.5 Å². The maximum atomic E-state index is 12.3. The van der Waals surface area contributed by atoms with E-state index in [-0.39, 0.29) is 12.0 Å². The summed E-state index contributed by atoms with van der Waals surface area (Å²) in [6.45, 7) is 3.57. The molecule has 18 heavy (non-hydrogen) atoms. The number of unbranched alkanes of at least 4 members (excludes halogenated alkanes) is 1. The number of hydrogen-bond acceptors (Lipinski definition) is 2. The highest BCUT2D eigenvalue weighted by Crippen LogP contribution is 2.33. The van der Waals surface area contributed by atoms with Gasteiger partial charge in [0.15, 0.2) is 0 Å². The van der Waals surface area contributed by atoms with E-state index in [0.717, 1.165) is 31.7 Å². The normalized spacial score (nSPS) is 32.8. The van der Waals surface area contributed by atoms with Crippen LogP contribution in [-0.4, -0.2) is 35.1 Å². The molecule has 1 N–H and O–H groups in total. The van der Waals surface area contributed by atoms with Crippen LogP contribution in [0.1, 0.15) is 58.3 Å². The molecule has 1 atom stereocenters. The average Bonchev–Trinajstić information content (AvgIpc) is 2.83. The lowest BCUT2D eigenvalue weighted by Gasteiger charge is -2.30. The Morgan fingerprint density at radius 2 is 1.94 bits per heavy atom. The standard InChI is InChI=1S/C15H27NO2/c1-2-3-4-12-5-7-13(8-6-12)15(18)16-10-9-14(17)11-16/h12-14,17H,2-11H2,1H3. The van der Waals surface area contributed by atoms with Crippen molar-refractivity contribution in [1.82, 2.24) is 4.90 Å². The van der Waals surface area contributed by atoms with Gasteiger partial charge in [-0.3, -0.25) is 4.79 Å². The molecule has 2 aliphatic rings. The molecule has 0 aromatic heterocycles. The predicted octanol–water partition coefficient (Wildman–Crippen LogP) is 2.58. The Labute approximate surface area is 111 Å². The summed E-state index contributed by atoms with van der Waals surface area (Å²) in [5, 5.41) is 9.49. The van der Waals surface area contributed by atoms with E-state index in [9.17, 15) is 9.90 Å². The molecule has 0 aromatic rings. The van der Waals surface area contributed by atoms with Crippen molar-refractivity contribution >= 4 is 5.91 Å². The summed E-state index contributed by atoms with van der Waals surface area (Å²) < 4.78 is 0. The first kappa shape index (κ1) is 13.9. The first-order chi connectivity index (χ1) is 8.70. The maximum Gasteiger partial charge on any atom is 0.225 e. The van der Waals surface area contributed by atoms with E-state index in [1.54, 1.807) is 0 Å². The molecule has 3 nitrogen and oxygen atoms in total. The molecule has 104 valence electrons. The van der Waals surface area contributed by atoms with Crippen LogP contribution < -0.4 is 0 Å². The molecular formula is C15H27NO2. The number of hydrogen-bond donors (Lipinski definition) is 1. The third-order valence-corrected chi connectivity index (χ3v) is 4.64. The molecule has 1 unspecified atom stereocenters. The first-order valence-electron chi connectivity index (χ1n) is 7.67. The predicted molar refractivity (Wildman–Crippen MR) is 72.2 cm³/mol. The molecule has 1 saturated carbocycles. The minimum Gasteiger partial charge on any atom is -0.391 e. The molecule has 0 radical (unpaired) electrons. The van der Waals surface area contributed by atoms with Crippen molar-refractivity contribution in [2.45, 2.75) is 64.4 Å². The zero-order chi connectivity index (χ0) is 13.0. The van der Waals surface area contributed by atoms with E-state index in [4.69, 9.17) is 0 Å². The van der Waals surface area contributed by atoms with Crippen LogP contribution in [0.2, 0.25) is 0 Å². The summed E-state index contributed by atoms with van der Waals surface area (Å²) in [4.78, 5) is 14.2. The van der Waals surface area contributed by atoms with E-state index in [1.165, 1.54) is 32.1 Å². The third-order valence-electron chi connectivity index (χ3n) is 4.64. The largest absolute Gasteiger partial charge is 0.391 e. The number of carbonyl (C=O) groups excluding carboxylic acids is 1. The fourth-order valence-electron chi connectivity index (χ4n) is 3.39. The summed E-state index contributed by atoms with van der Waals surface area (Å²) in [6, 6.07) is 0. The Bertz CT molecular complexity index is 272.